The minimum Gasteiger partial charge on any atom is -0.393 e. The van der Waals surface area contributed by atoms with Gasteiger partial charge in [0.05, 0.1) is 6.10 Å². The van der Waals surface area contributed by atoms with E-state index >= 15 is 0 Å². The molecule has 4 unspecified atom stereocenters. The van der Waals surface area contributed by atoms with Crippen LogP contribution in [0.3, 0.4) is 0 Å². The van der Waals surface area contributed by atoms with Gasteiger partial charge in [-0.05, 0) is 55.3 Å². The molecule has 21 heavy (non-hydrogen) atoms. The van der Waals surface area contributed by atoms with E-state index in [4.69, 9.17) is 0 Å². The molecule has 0 heterocycles. The minimum absolute atomic E-state index is 0.0232. The monoisotopic (exact) mass is 294 g/mol. The summed E-state index contributed by atoms with van der Waals surface area (Å²) in [6.07, 6.45) is 14.6. The zero-order chi connectivity index (χ0) is 15.2. The van der Waals surface area contributed by atoms with Crippen LogP contribution in [0.1, 0.15) is 91.4 Å². The number of hydrogen-bond acceptors (Lipinski definition) is 1. The molecule has 0 aromatic rings. The summed E-state index contributed by atoms with van der Waals surface area (Å²) in [5.74, 6) is 4.11. The van der Waals surface area contributed by atoms with E-state index in [0.717, 1.165) is 30.1 Å². The van der Waals surface area contributed by atoms with Crippen LogP contribution in [-0.2, 0) is 0 Å². The van der Waals surface area contributed by atoms with E-state index in [1.165, 1.54) is 64.2 Å². The van der Waals surface area contributed by atoms with Crippen LogP contribution in [0.4, 0.5) is 0 Å². The van der Waals surface area contributed by atoms with Crippen LogP contribution in [0, 0.1) is 29.6 Å². The molecule has 1 N–H and O–H groups in total. The van der Waals surface area contributed by atoms with Crippen LogP contribution in [0.15, 0.2) is 0 Å². The standard InChI is InChI=1S/C20H38O/c1-4-16-9-11-18(12-10-16)20(21)14-17(5-2)19-8-6-7-15(3)13-19/h15-21H,4-14H2,1-3H3. The average Bonchev–Trinajstić information content (AvgIpc) is 2.52. The second-order valence-corrected chi connectivity index (χ2v) is 8.19. The van der Waals surface area contributed by atoms with Gasteiger partial charge in [0.2, 0.25) is 0 Å². The van der Waals surface area contributed by atoms with E-state index in [-0.39, 0.29) is 6.10 Å². The Morgan fingerprint density at radius 1 is 0.952 bits per heavy atom. The molecule has 0 aromatic carbocycles. The first-order valence-corrected chi connectivity index (χ1v) is 9.82. The van der Waals surface area contributed by atoms with E-state index in [9.17, 15) is 5.11 Å². The third-order valence-electron chi connectivity index (χ3n) is 6.73. The first kappa shape index (κ1) is 17.3. The summed E-state index contributed by atoms with van der Waals surface area (Å²) in [4.78, 5) is 0. The normalized spacial score (nSPS) is 37.1. The van der Waals surface area contributed by atoms with Gasteiger partial charge in [-0.25, -0.2) is 0 Å². The summed E-state index contributed by atoms with van der Waals surface area (Å²) in [7, 11) is 0. The highest BCUT2D eigenvalue weighted by atomic mass is 16.3. The van der Waals surface area contributed by atoms with E-state index in [1.54, 1.807) is 0 Å². The van der Waals surface area contributed by atoms with Crippen LogP contribution >= 0.6 is 0 Å². The van der Waals surface area contributed by atoms with Crippen molar-refractivity contribution in [2.75, 3.05) is 0 Å². The summed E-state index contributed by atoms with van der Waals surface area (Å²) in [6.45, 7) is 7.07. The highest BCUT2D eigenvalue weighted by Gasteiger charge is 2.31. The van der Waals surface area contributed by atoms with Gasteiger partial charge in [-0.1, -0.05) is 65.7 Å². The number of hydrogen-bond donors (Lipinski definition) is 1. The molecule has 2 saturated carbocycles. The second kappa shape index (κ2) is 8.56. The molecule has 0 aliphatic heterocycles. The van der Waals surface area contributed by atoms with Gasteiger partial charge in [0, 0.05) is 0 Å². The largest absolute Gasteiger partial charge is 0.393 e. The fraction of sp³-hybridized carbons (Fsp3) is 1.00. The molecule has 0 radical (unpaired) electrons. The Kier molecular flexibility index (Phi) is 7.05. The van der Waals surface area contributed by atoms with E-state index in [0.29, 0.717) is 5.92 Å². The van der Waals surface area contributed by atoms with Crippen LogP contribution in [-0.4, -0.2) is 11.2 Å². The SMILES string of the molecule is CCC1CCC(C(O)CC(CC)C2CCCC(C)C2)CC1. The van der Waals surface area contributed by atoms with Gasteiger partial charge in [-0.2, -0.15) is 0 Å². The summed E-state index contributed by atoms with van der Waals surface area (Å²) in [5.41, 5.74) is 0. The summed E-state index contributed by atoms with van der Waals surface area (Å²) >= 11 is 0. The van der Waals surface area contributed by atoms with Crippen molar-refractivity contribution in [2.24, 2.45) is 29.6 Å². The van der Waals surface area contributed by atoms with Crippen molar-refractivity contribution >= 4 is 0 Å². The molecule has 0 aromatic heterocycles. The van der Waals surface area contributed by atoms with Gasteiger partial charge in [0.25, 0.3) is 0 Å². The summed E-state index contributed by atoms with van der Waals surface area (Å²) < 4.78 is 0. The Labute approximate surface area is 132 Å². The van der Waals surface area contributed by atoms with Gasteiger partial charge in [-0.15, -0.1) is 0 Å². The molecule has 0 spiro atoms. The number of rotatable bonds is 6. The maximum Gasteiger partial charge on any atom is 0.0571 e. The van der Waals surface area contributed by atoms with Gasteiger partial charge in [0.1, 0.15) is 0 Å². The molecule has 0 bridgehead atoms. The van der Waals surface area contributed by atoms with Crippen LogP contribution in [0.5, 0.6) is 0 Å². The van der Waals surface area contributed by atoms with Crippen LogP contribution < -0.4 is 0 Å². The van der Waals surface area contributed by atoms with Crippen LogP contribution in [0.2, 0.25) is 0 Å². The van der Waals surface area contributed by atoms with E-state index in [1.807, 2.05) is 0 Å². The first-order chi connectivity index (χ1) is 10.1. The quantitative estimate of drug-likeness (QED) is 0.655. The van der Waals surface area contributed by atoms with Crippen molar-refractivity contribution in [3.63, 3.8) is 0 Å². The molecular formula is C20H38O. The maximum atomic E-state index is 10.7. The first-order valence-electron chi connectivity index (χ1n) is 9.82. The molecule has 124 valence electrons. The summed E-state index contributed by atoms with van der Waals surface area (Å²) in [5, 5.41) is 10.7. The third kappa shape index (κ3) is 4.98. The molecule has 1 heteroatoms. The maximum absolute atomic E-state index is 10.7. The van der Waals surface area contributed by atoms with Gasteiger partial charge >= 0.3 is 0 Å². The Balaban J connectivity index is 1.80. The summed E-state index contributed by atoms with van der Waals surface area (Å²) in [6, 6.07) is 0. The molecule has 4 atom stereocenters. The Morgan fingerprint density at radius 2 is 1.67 bits per heavy atom. The van der Waals surface area contributed by atoms with Crippen molar-refractivity contribution in [3.05, 3.63) is 0 Å². The minimum atomic E-state index is -0.0232. The molecule has 2 aliphatic carbocycles. The Bertz CT molecular complexity index is 280. The van der Waals surface area contributed by atoms with Crippen molar-refractivity contribution in [3.8, 4) is 0 Å². The fourth-order valence-electron chi connectivity index (χ4n) is 5.09. The van der Waals surface area contributed by atoms with E-state index in [2.05, 4.69) is 20.8 Å². The number of aliphatic hydroxyl groups is 1. The lowest BCUT2D eigenvalue weighted by atomic mass is 9.70. The third-order valence-corrected chi connectivity index (χ3v) is 6.73. The van der Waals surface area contributed by atoms with Gasteiger partial charge in [0.15, 0.2) is 0 Å². The zero-order valence-corrected chi connectivity index (χ0v) is 14.7. The fourth-order valence-corrected chi connectivity index (χ4v) is 5.09. The lowest BCUT2D eigenvalue weighted by molar-refractivity contribution is 0.0364. The molecule has 2 fully saturated rings. The van der Waals surface area contributed by atoms with Crippen LogP contribution in [0.25, 0.3) is 0 Å². The highest BCUT2D eigenvalue weighted by Crippen LogP contribution is 2.39. The lowest BCUT2D eigenvalue weighted by Gasteiger charge is -2.37. The molecular weight excluding hydrogens is 256 g/mol. The predicted octanol–water partition coefficient (Wildman–Crippen LogP) is 5.81. The second-order valence-electron chi connectivity index (χ2n) is 8.19. The molecule has 1 nitrogen and oxygen atoms in total. The molecule has 2 aliphatic rings. The van der Waals surface area contributed by atoms with Crippen molar-refractivity contribution in [1.82, 2.24) is 0 Å². The number of aliphatic hydroxyl groups excluding tert-OH is 1. The average molecular weight is 295 g/mol. The van der Waals surface area contributed by atoms with Crippen molar-refractivity contribution < 1.29 is 5.11 Å². The topological polar surface area (TPSA) is 20.2 Å². The van der Waals surface area contributed by atoms with Gasteiger partial charge in [-0.3, -0.25) is 0 Å². The highest BCUT2D eigenvalue weighted by molar-refractivity contribution is 4.82. The zero-order valence-electron chi connectivity index (χ0n) is 14.7. The lowest BCUT2D eigenvalue weighted by Crippen LogP contribution is -2.31. The van der Waals surface area contributed by atoms with E-state index < -0.39 is 0 Å². The van der Waals surface area contributed by atoms with Gasteiger partial charge < -0.3 is 5.11 Å². The molecule has 0 saturated heterocycles. The van der Waals surface area contributed by atoms with Crippen molar-refractivity contribution in [2.45, 2.75) is 97.5 Å². The Morgan fingerprint density at radius 3 is 2.24 bits per heavy atom. The predicted molar refractivity (Wildman–Crippen MR) is 91.3 cm³/mol. The molecule has 2 rings (SSSR count). The Hall–Kier alpha value is -0.0400. The molecule has 0 amide bonds. The smallest absolute Gasteiger partial charge is 0.0571 e. The van der Waals surface area contributed by atoms with Crippen molar-refractivity contribution in [1.29, 1.82) is 0 Å².